The maximum Gasteiger partial charge on any atom is 0.262 e. The third-order valence-electron chi connectivity index (χ3n) is 6.93. The van der Waals surface area contributed by atoms with Crippen molar-refractivity contribution >= 4 is 57.2 Å². The maximum absolute atomic E-state index is 13.4. The summed E-state index contributed by atoms with van der Waals surface area (Å²) in [5, 5.41) is 4.54. The van der Waals surface area contributed by atoms with Crippen LogP contribution in [0.4, 0.5) is 0 Å². The van der Waals surface area contributed by atoms with Crippen LogP contribution >= 0.6 is 35.3 Å². The van der Waals surface area contributed by atoms with Crippen LogP contribution in [0.5, 0.6) is 0 Å². The normalized spacial score (nSPS) is 20.1. The van der Waals surface area contributed by atoms with Crippen LogP contribution in [0.1, 0.15) is 29.4 Å². The highest BCUT2D eigenvalue weighted by Gasteiger charge is 2.34. The van der Waals surface area contributed by atoms with Crippen molar-refractivity contribution in [2.24, 2.45) is 0 Å². The molecule has 2 amide bonds. The van der Waals surface area contributed by atoms with E-state index in [2.05, 4.69) is 22.2 Å². The van der Waals surface area contributed by atoms with Crippen molar-refractivity contribution in [2.45, 2.75) is 38.0 Å². The SMILES string of the molecule is CO[C@H](C)[C@@H](NC(=O)c1cc2ccc(Cl)cc2s1)C(=O)N1CCN(C2CCN(C)CC2)CC1.Cl. The van der Waals surface area contributed by atoms with Crippen molar-refractivity contribution in [2.75, 3.05) is 53.4 Å². The van der Waals surface area contributed by atoms with Gasteiger partial charge in [0, 0.05) is 49.1 Å². The van der Waals surface area contributed by atoms with E-state index in [1.807, 2.05) is 36.1 Å². The third-order valence-corrected chi connectivity index (χ3v) is 8.26. The fraction of sp³-hybridized carbons (Fsp3) is 0.583. The third kappa shape index (κ3) is 6.22. The molecule has 2 aromatic rings. The smallest absolute Gasteiger partial charge is 0.262 e. The molecule has 0 radical (unpaired) electrons. The molecule has 0 unspecified atom stereocenters. The number of piperazine rings is 1. The highest BCUT2D eigenvalue weighted by atomic mass is 35.5. The van der Waals surface area contributed by atoms with Crippen molar-refractivity contribution in [1.29, 1.82) is 0 Å². The topological polar surface area (TPSA) is 65.1 Å². The Labute approximate surface area is 216 Å². The second-order valence-corrected chi connectivity index (χ2v) is 10.6. The van der Waals surface area contributed by atoms with Gasteiger partial charge in [-0.25, -0.2) is 0 Å². The molecular formula is C24H34Cl2N4O3S. The van der Waals surface area contributed by atoms with E-state index in [1.165, 1.54) is 24.2 Å². The van der Waals surface area contributed by atoms with Gasteiger partial charge in [0.25, 0.3) is 5.91 Å². The van der Waals surface area contributed by atoms with E-state index in [0.717, 1.165) is 36.3 Å². The van der Waals surface area contributed by atoms with Gasteiger partial charge in [0.05, 0.1) is 11.0 Å². The fourth-order valence-corrected chi connectivity index (χ4v) is 5.95. The lowest BCUT2D eigenvalue weighted by Crippen LogP contribution is -2.59. The number of amides is 2. The molecule has 4 rings (SSSR count). The van der Waals surface area contributed by atoms with Gasteiger partial charge in [-0.15, -0.1) is 23.7 Å². The summed E-state index contributed by atoms with van der Waals surface area (Å²) in [6.07, 6.45) is 1.94. The summed E-state index contributed by atoms with van der Waals surface area (Å²) >= 11 is 7.45. The highest BCUT2D eigenvalue weighted by molar-refractivity contribution is 7.20. The molecule has 2 fully saturated rings. The number of carbonyl (C=O) groups is 2. The predicted octanol–water partition coefficient (Wildman–Crippen LogP) is 3.35. The largest absolute Gasteiger partial charge is 0.379 e. The van der Waals surface area contributed by atoms with E-state index in [4.69, 9.17) is 16.3 Å². The Balaban J connectivity index is 0.00000324. The molecular weight excluding hydrogens is 495 g/mol. The minimum Gasteiger partial charge on any atom is -0.379 e. The summed E-state index contributed by atoms with van der Waals surface area (Å²) in [4.78, 5) is 33.8. The van der Waals surface area contributed by atoms with Crippen molar-refractivity contribution in [1.82, 2.24) is 20.0 Å². The Hall–Kier alpha value is -1.42. The quantitative estimate of drug-likeness (QED) is 0.622. The first-order valence-corrected chi connectivity index (χ1v) is 12.8. The molecule has 0 saturated carbocycles. The summed E-state index contributed by atoms with van der Waals surface area (Å²) in [6.45, 7) is 7.19. The van der Waals surface area contributed by atoms with E-state index in [1.54, 1.807) is 7.11 Å². The van der Waals surface area contributed by atoms with E-state index >= 15 is 0 Å². The van der Waals surface area contributed by atoms with Gasteiger partial charge < -0.3 is 19.9 Å². The van der Waals surface area contributed by atoms with Crippen molar-refractivity contribution in [3.8, 4) is 0 Å². The molecule has 3 heterocycles. The molecule has 0 bridgehead atoms. The van der Waals surface area contributed by atoms with Gasteiger partial charge in [-0.05, 0) is 63.5 Å². The first-order valence-electron chi connectivity index (χ1n) is 11.6. The minimum atomic E-state index is -0.730. The number of hydrogen-bond donors (Lipinski definition) is 1. The number of benzene rings is 1. The van der Waals surface area contributed by atoms with Crippen LogP contribution < -0.4 is 5.32 Å². The van der Waals surface area contributed by atoms with E-state index in [0.29, 0.717) is 29.0 Å². The van der Waals surface area contributed by atoms with Gasteiger partial charge in [0.15, 0.2) is 0 Å². The predicted molar refractivity (Wildman–Crippen MR) is 140 cm³/mol. The monoisotopic (exact) mass is 528 g/mol. The zero-order valence-corrected chi connectivity index (χ0v) is 22.3. The molecule has 34 heavy (non-hydrogen) atoms. The molecule has 1 aromatic heterocycles. The lowest BCUT2D eigenvalue weighted by molar-refractivity contribution is -0.138. The Kier molecular flexibility index (Phi) is 9.60. The summed E-state index contributed by atoms with van der Waals surface area (Å²) in [6, 6.07) is 7.27. The van der Waals surface area contributed by atoms with E-state index < -0.39 is 12.1 Å². The number of thiophene rings is 1. The van der Waals surface area contributed by atoms with Crippen molar-refractivity contribution in [3.05, 3.63) is 34.2 Å². The number of ether oxygens (including phenoxy) is 1. The molecule has 1 aromatic carbocycles. The second kappa shape index (κ2) is 12.0. The van der Waals surface area contributed by atoms with Gasteiger partial charge in [0.1, 0.15) is 6.04 Å². The number of rotatable bonds is 6. The Morgan fingerprint density at radius 3 is 2.44 bits per heavy atom. The van der Waals surface area contributed by atoms with Crippen LogP contribution in [0, 0.1) is 0 Å². The molecule has 2 atom stereocenters. The summed E-state index contributed by atoms with van der Waals surface area (Å²) in [5.74, 6) is -0.343. The number of carbonyl (C=O) groups excluding carboxylic acids is 2. The average molecular weight is 530 g/mol. The zero-order chi connectivity index (χ0) is 23.5. The van der Waals surface area contributed by atoms with Crippen molar-refractivity contribution < 1.29 is 14.3 Å². The number of halogens is 2. The van der Waals surface area contributed by atoms with Crippen molar-refractivity contribution in [3.63, 3.8) is 0 Å². The molecule has 2 saturated heterocycles. The molecule has 188 valence electrons. The number of hydrogen-bond acceptors (Lipinski definition) is 6. The van der Waals surface area contributed by atoms with Crippen LogP contribution in [0.15, 0.2) is 24.3 Å². The van der Waals surface area contributed by atoms with E-state index in [9.17, 15) is 9.59 Å². The molecule has 10 heteroatoms. The highest BCUT2D eigenvalue weighted by Crippen LogP contribution is 2.28. The molecule has 0 aliphatic carbocycles. The van der Waals surface area contributed by atoms with Crippen LogP contribution in [0.25, 0.3) is 10.1 Å². The first kappa shape index (κ1) is 27.2. The second-order valence-electron chi connectivity index (χ2n) is 9.08. The van der Waals surface area contributed by atoms with E-state index in [-0.39, 0.29) is 24.2 Å². The number of piperidine rings is 1. The van der Waals surface area contributed by atoms with Crippen LogP contribution in [0.2, 0.25) is 5.02 Å². The Morgan fingerprint density at radius 1 is 1.12 bits per heavy atom. The van der Waals surface area contributed by atoms with Gasteiger partial charge >= 0.3 is 0 Å². The van der Waals surface area contributed by atoms with Gasteiger partial charge in [-0.3, -0.25) is 14.5 Å². The zero-order valence-electron chi connectivity index (χ0n) is 20.0. The van der Waals surface area contributed by atoms with Gasteiger partial charge in [-0.1, -0.05) is 17.7 Å². The fourth-order valence-electron chi connectivity index (χ4n) is 4.71. The molecule has 7 nitrogen and oxygen atoms in total. The summed E-state index contributed by atoms with van der Waals surface area (Å²) in [7, 11) is 3.74. The van der Waals surface area contributed by atoms with Gasteiger partial charge in [0.2, 0.25) is 5.91 Å². The standard InChI is InChI=1S/C24H33ClN4O3S.ClH/c1-16(32-3)22(26-23(30)21-14-17-4-5-18(25)15-20(17)33-21)24(31)29-12-10-28(11-13-29)19-6-8-27(2)9-7-19;/h4-5,14-16,19,22H,6-13H2,1-3H3,(H,26,30);1H/t16-,22-;/m1./s1. The first-order chi connectivity index (χ1) is 15.9. The molecule has 2 aliphatic heterocycles. The maximum atomic E-state index is 13.4. The lowest BCUT2D eigenvalue weighted by atomic mass is 10.0. The minimum absolute atomic E-state index is 0. The average Bonchev–Trinajstić information content (AvgIpc) is 3.25. The van der Waals surface area contributed by atoms with Crippen LogP contribution in [-0.4, -0.2) is 98.1 Å². The van der Waals surface area contributed by atoms with Crippen LogP contribution in [-0.2, 0) is 9.53 Å². The van der Waals surface area contributed by atoms with Gasteiger partial charge in [-0.2, -0.15) is 0 Å². The number of likely N-dealkylation sites (tertiary alicyclic amines) is 1. The number of nitrogens with one attached hydrogen (secondary N) is 1. The summed E-state index contributed by atoms with van der Waals surface area (Å²) < 4.78 is 6.42. The molecule has 1 N–H and O–H groups in total. The number of methoxy groups -OCH3 is 1. The number of nitrogens with zero attached hydrogens (tertiary/aromatic N) is 3. The number of fused-ring (bicyclic) bond motifs is 1. The van der Waals surface area contributed by atoms with Crippen LogP contribution in [0.3, 0.4) is 0 Å². The lowest BCUT2D eigenvalue weighted by Gasteiger charge is -2.43. The Morgan fingerprint density at radius 2 is 1.79 bits per heavy atom. The summed E-state index contributed by atoms with van der Waals surface area (Å²) in [5.41, 5.74) is 0. The Bertz CT molecular complexity index is 988. The molecule has 2 aliphatic rings. The molecule has 0 spiro atoms.